The standard InChI is InChI=1S/C23H36O2/c1-17(2)15-23(16-22(23,4)5)19-11-13-21(14-12-19)25-18(3)24-20-9-7-6-8-10-20/h11-14,17-18,20H,6-10,15-16H2,1-5H3. The van der Waals surface area contributed by atoms with E-state index in [9.17, 15) is 0 Å². The fourth-order valence-corrected chi connectivity index (χ4v) is 4.91. The Morgan fingerprint density at radius 3 is 2.12 bits per heavy atom. The molecule has 25 heavy (non-hydrogen) atoms. The second-order valence-corrected chi connectivity index (χ2v) is 9.35. The first-order valence-electron chi connectivity index (χ1n) is 10.3. The Morgan fingerprint density at radius 2 is 1.60 bits per heavy atom. The lowest BCUT2D eigenvalue weighted by atomic mass is 9.81. The molecule has 0 heterocycles. The van der Waals surface area contributed by atoms with Crippen LogP contribution in [0, 0.1) is 11.3 Å². The molecular weight excluding hydrogens is 308 g/mol. The quantitative estimate of drug-likeness (QED) is 0.527. The molecule has 2 fully saturated rings. The Hall–Kier alpha value is -1.02. The summed E-state index contributed by atoms with van der Waals surface area (Å²) < 4.78 is 12.1. The molecule has 2 heteroatoms. The molecule has 3 rings (SSSR count). The van der Waals surface area contributed by atoms with Crippen LogP contribution in [0.25, 0.3) is 0 Å². The first-order valence-corrected chi connectivity index (χ1v) is 10.3. The van der Waals surface area contributed by atoms with Crippen LogP contribution in [-0.2, 0) is 10.2 Å². The number of ether oxygens (including phenoxy) is 2. The number of hydrogen-bond acceptors (Lipinski definition) is 2. The number of benzene rings is 1. The van der Waals surface area contributed by atoms with Gasteiger partial charge in [-0.25, -0.2) is 0 Å². The van der Waals surface area contributed by atoms with Gasteiger partial charge in [0.2, 0.25) is 0 Å². The van der Waals surface area contributed by atoms with E-state index < -0.39 is 0 Å². The minimum Gasteiger partial charge on any atom is -0.465 e. The van der Waals surface area contributed by atoms with Crippen LogP contribution in [0.4, 0.5) is 0 Å². The molecule has 140 valence electrons. The van der Waals surface area contributed by atoms with E-state index in [1.54, 1.807) is 0 Å². The molecule has 0 saturated heterocycles. The van der Waals surface area contributed by atoms with Crippen LogP contribution in [0.15, 0.2) is 24.3 Å². The van der Waals surface area contributed by atoms with Gasteiger partial charge in [0.1, 0.15) is 5.75 Å². The van der Waals surface area contributed by atoms with Crippen molar-refractivity contribution in [3.05, 3.63) is 29.8 Å². The monoisotopic (exact) mass is 344 g/mol. The van der Waals surface area contributed by atoms with E-state index in [4.69, 9.17) is 9.47 Å². The van der Waals surface area contributed by atoms with Gasteiger partial charge in [-0.2, -0.15) is 0 Å². The Balaban J connectivity index is 1.60. The minimum atomic E-state index is -0.170. The Bertz CT molecular complexity index is 554. The zero-order valence-electron chi connectivity index (χ0n) is 16.8. The molecule has 0 aromatic heterocycles. The van der Waals surface area contributed by atoms with E-state index in [0.717, 1.165) is 11.7 Å². The summed E-state index contributed by atoms with van der Waals surface area (Å²) in [4.78, 5) is 0. The van der Waals surface area contributed by atoms with Crippen LogP contribution >= 0.6 is 0 Å². The summed E-state index contributed by atoms with van der Waals surface area (Å²) in [5.41, 5.74) is 2.24. The first-order chi connectivity index (χ1) is 11.8. The van der Waals surface area contributed by atoms with Gasteiger partial charge in [0.15, 0.2) is 6.29 Å². The second kappa shape index (κ2) is 7.31. The lowest BCUT2D eigenvalue weighted by Gasteiger charge is -2.26. The number of rotatable bonds is 7. The van der Waals surface area contributed by atoms with Crippen molar-refractivity contribution in [1.82, 2.24) is 0 Å². The Labute approximate surface area is 154 Å². The molecule has 0 spiro atoms. The summed E-state index contributed by atoms with van der Waals surface area (Å²) in [5, 5.41) is 0. The van der Waals surface area contributed by atoms with Crippen molar-refractivity contribution in [3.8, 4) is 5.75 Å². The van der Waals surface area contributed by atoms with Crippen LogP contribution < -0.4 is 4.74 Å². The maximum absolute atomic E-state index is 6.07. The van der Waals surface area contributed by atoms with Gasteiger partial charge in [0, 0.05) is 5.41 Å². The molecule has 0 radical (unpaired) electrons. The van der Waals surface area contributed by atoms with Crippen LogP contribution in [0.5, 0.6) is 5.75 Å². The van der Waals surface area contributed by atoms with Crippen molar-refractivity contribution in [2.75, 3.05) is 0 Å². The Morgan fingerprint density at radius 1 is 1.00 bits per heavy atom. The summed E-state index contributed by atoms with van der Waals surface area (Å²) in [6, 6.07) is 8.82. The molecule has 2 saturated carbocycles. The third-order valence-electron chi connectivity index (χ3n) is 6.32. The molecule has 2 unspecified atom stereocenters. The van der Waals surface area contributed by atoms with Gasteiger partial charge in [-0.15, -0.1) is 0 Å². The molecule has 1 aromatic rings. The first kappa shape index (κ1) is 18.8. The fourth-order valence-electron chi connectivity index (χ4n) is 4.91. The zero-order valence-corrected chi connectivity index (χ0v) is 16.8. The lowest BCUT2D eigenvalue weighted by Crippen LogP contribution is -2.26. The molecule has 2 aliphatic carbocycles. The van der Waals surface area contributed by atoms with Crippen LogP contribution in [0.1, 0.15) is 85.1 Å². The van der Waals surface area contributed by atoms with Crippen LogP contribution in [0.3, 0.4) is 0 Å². The van der Waals surface area contributed by atoms with Crippen molar-refractivity contribution in [3.63, 3.8) is 0 Å². The van der Waals surface area contributed by atoms with Crippen molar-refractivity contribution < 1.29 is 9.47 Å². The fraction of sp³-hybridized carbons (Fsp3) is 0.739. The SMILES string of the molecule is CC(C)CC1(c2ccc(OC(C)OC3CCCCC3)cc2)CC1(C)C. The Kier molecular flexibility index (Phi) is 5.48. The van der Waals surface area contributed by atoms with Crippen molar-refractivity contribution in [2.24, 2.45) is 11.3 Å². The molecule has 0 N–H and O–H groups in total. The van der Waals surface area contributed by atoms with E-state index in [-0.39, 0.29) is 6.29 Å². The highest BCUT2D eigenvalue weighted by Crippen LogP contribution is 2.67. The molecule has 2 nitrogen and oxygen atoms in total. The molecule has 0 amide bonds. The maximum atomic E-state index is 6.07. The topological polar surface area (TPSA) is 18.5 Å². The number of hydrogen-bond donors (Lipinski definition) is 0. The summed E-state index contributed by atoms with van der Waals surface area (Å²) in [5.74, 6) is 1.65. The smallest absolute Gasteiger partial charge is 0.197 e. The molecule has 2 aliphatic rings. The summed E-state index contributed by atoms with van der Waals surface area (Å²) in [7, 11) is 0. The highest BCUT2D eigenvalue weighted by Gasteiger charge is 2.61. The summed E-state index contributed by atoms with van der Waals surface area (Å²) in [6.45, 7) is 11.5. The molecule has 0 aliphatic heterocycles. The average Bonchev–Trinajstić information content (AvgIpc) is 3.09. The third kappa shape index (κ3) is 4.22. The highest BCUT2D eigenvalue weighted by molar-refractivity contribution is 5.40. The molecule has 2 atom stereocenters. The van der Waals surface area contributed by atoms with Crippen LogP contribution in [0.2, 0.25) is 0 Å². The lowest BCUT2D eigenvalue weighted by molar-refractivity contribution is -0.116. The maximum Gasteiger partial charge on any atom is 0.197 e. The van der Waals surface area contributed by atoms with Gasteiger partial charge < -0.3 is 9.47 Å². The van der Waals surface area contributed by atoms with Crippen molar-refractivity contribution >= 4 is 0 Å². The second-order valence-electron chi connectivity index (χ2n) is 9.35. The van der Waals surface area contributed by atoms with Crippen molar-refractivity contribution in [1.29, 1.82) is 0 Å². The van der Waals surface area contributed by atoms with Gasteiger partial charge in [-0.3, -0.25) is 0 Å². The molecule has 1 aromatic carbocycles. The predicted molar refractivity (Wildman–Crippen MR) is 104 cm³/mol. The summed E-state index contributed by atoms with van der Waals surface area (Å²) in [6.07, 6.45) is 9.06. The average molecular weight is 345 g/mol. The van der Waals surface area contributed by atoms with Gasteiger partial charge >= 0.3 is 0 Å². The van der Waals surface area contributed by atoms with Gasteiger partial charge in [-0.1, -0.05) is 59.1 Å². The van der Waals surface area contributed by atoms with Gasteiger partial charge in [0.25, 0.3) is 0 Å². The normalized spacial score (nSPS) is 27.3. The molecule has 0 bridgehead atoms. The highest BCUT2D eigenvalue weighted by atomic mass is 16.7. The van der Waals surface area contributed by atoms with Crippen molar-refractivity contribution in [2.45, 2.75) is 97.4 Å². The molecular formula is C23H36O2. The van der Waals surface area contributed by atoms with E-state index in [1.807, 2.05) is 6.92 Å². The van der Waals surface area contributed by atoms with E-state index in [2.05, 4.69) is 52.0 Å². The summed E-state index contributed by atoms with van der Waals surface area (Å²) >= 11 is 0. The van der Waals surface area contributed by atoms with Crippen LogP contribution in [-0.4, -0.2) is 12.4 Å². The van der Waals surface area contributed by atoms with Gasteiger partial charge in [-0.05, 0) is 61.6 Å². The zero-order chi connectivity index (χ0) is 18.1. The predicted octanol–water partition coefficient (Wildman–Crippen LogP) is 6.47. The minimum absolute atomic E-state index is 0.170. The largest absolute Gasteiger partial charge is 0.465 e. The van der Waals surface area contributed by atoms with E-state index in [0.29, 0.717) is 16.9 Å². The third-order valence-corrected chi connectivity index (χ3v) is 6.32. The van der Waals surface area contributed by atoms with E-state index >= 15 is 0 Å². The van der Waals surface area contributed by atoms with Gasteiger partial charge in [0.05, 0.1) is 6.10 Å². The van der Waals surface area contributed by atoms with E-state index in [1.165, 1.54) is 50.5 Å².